The molecule has 0 aromatic heterocycles. The van der Waals surface area contributed by atoms with Crippen LogP contribution in [0, 0.1) is 5.41 Å². The van der Waals surface area contributed by atoms with E-state index in [1.54, 1.807) is 0 Å². The van der Waals surface area contributed by atoms with Gasteiger partial charge in [-0.25, -0.2) is 0 Å². The van der Waals surface area contributed by atoms with Crippen molar-refractivity contribution in [3.63, 3.8) is 0 Å². The van der Waals surface area contributed by atoms with Crippen molar-refractivity contribution in [1.29, 1.82) is 0 Å². The molecule has 3 heterocycles. The first-order valence-electron chi connectivity index (χ1n) is 11.0. The number of amides is 2. The SMILES string of the molecule is O=C(C1N(C(=O)Cc2ccccc2Cl)CCCC12CCOCC2)N1CCCCC1. The summed E-state index contributed by atoms with van der Waals surface area (Å²) in [4.78, 5) is 31.0. The molecule has 1 unspecified atom stereocenters. The summed E-state index contributed by atoms with van der Waals surface area (Å²) in [5, 5.41) is 0.609. The maximum Gasteiger partial charge on any atom is 0.245 e. The zero-order chi connectivity index (χ0) is 20.3. The van der Waals surface area contributed by atoms with Gasteiger partial charge in [-0.05, 0) is 56.6 Å². The molecule has 3 saturated heterocycles. The fraction of sp³-hybridized carbons (Fsp3) is 0.652. The quantitative estimate of drug-likeness (QED) is 0.752. The molecule has 29 heavy (non-hydrogen) atoms. The minimum atomic E-state index is -0.367. The third kappa shape index (κ3) is 4.31. The van der Waals surface area contributed by atoms with Crippen LogP contribution in [-0.2, 0) is 20.7 Å². The Balaban J connectivity index is 1.61. The van der Waals surface area contributed by atoms with Gasteiger partial charge in [0.15, 0.2) is 0 Å². The lowest BCUT2D eigenvalue weighted by molar-refractivity contribution is -0.161. The Kier molecular flexibility index (Phi) is 6.45. The second kappa shape index (κ2) is 9.05. The molecule has 2 amide bonds. The van der Waals surface area contributed by atoms with Crippen molar-refractivity contribution in [2.75, 3.05) is 32.8 Å². The van der Waals surface area contributed by atoms with E-state index in [2.05, 4.69) is 0 Å². The van der Waals surface area contributed by atoms with E-state index >= 15 is 0 Å². The lowest BCUT2D eigenvalue weighted by Gasteiger charge is -2.52. The molecule has 1 aromatic rings. The topological polar surface area (TPSA) is 49.9 Å². The highest BCUT2D eigenvalue weighted by atomic mass is 35.5. The smallest absolute Gasteiger partial charge is 0.245 e. The molecule has 3 fully saturated rings. The maximum atomic E-state index is 13.7. The van der Waals surface area contributed by atoms with Gasteiger partial charge < -0.3 is 14.5 Å². The Bertz CT molecular complexity index is 736. The van der Waals surface area contributed by atoms with Crippen LogP contribution in [0.5, 0.6) is 0 Å². The van der Waals surface area contributed by atoms with Crippen LogP contribution in [-0.4, -0.2) is 60.5 Å². The van der Waals surface area contributed by atoms with E-state index in [4.69, 9.17) is 16.3 Å². The van der Waals surface area contributed by atoms with Gasteiger partial charge in [-0.3, -0.25) is 9.59 Å². The normalized spacial score (nSPS) is 24.5. The molecule has 1 spiro atoms. The predicted molar refractivity (Wildman–Crippen MR) is 113 cm³/mol. The highest BCUT2D eigenvalue weighted by molar-refractivity contribution is 6.31. The molecule has 4 rings (SSSR count). The number of halogens is 1. The number of rotatable bonds is 3. The summed E-state index contributed by atoms with van der Waals surface area (Å²) in [5.74, 6) is 0.165. The minimum absolute atomic E-state index is 0.0130. The fourth-order valence-electron chi connectivity index (χ4n) is 5.36. The van der Waals surface area contributed by atoms with Crippen molar-refractivity contribution in [1.82, 2.24) is 9.80 Å². The van der Waals surface area contributed by atoms with Gasteiger partial charge in [-0.2, -0.15) is 0 Å². The highest BCUT2D eigenvalue weighted by Crippen LogP contribution is 2.45. The molecule has 6 heteroatoms. The van der Waals surface area contributed by atoms with E-state index in [-0.39, 0.29) is 29.7 Å². The molecule has 0 radical (unpaired) electrons. The van der Waals surface area contributed by atoms with Gasteiger partial charge in [0.2, 0.25) is 11.8 Å². The largest absolute Gasteiger partial charge is 0.381 e. The van der Waals surface area contributed by atoms with E-state index in [1.165, 1.54) is 6.42 Å². The number of carbonyl (C=O) groups is 2. The summed E-state index contributed by atoms with van der Waals surface area (Å²) in [6.45, 7) is 3.63. The third-order valence-corrected chi connectivity index (χ3v) is 7.34. The molecular weight excluding hydrogens is 388 g/mol. The number of benzene rings is 1. The number of carbonyl (C=O) groups excluding carboxylic acids is 2. The Hall–Kier alpha value is -1.59. The van der Waals surface area contributed by atoms with Crippen LogP contribution in [0.3, 0.4) is 0 Å². The van der Waals surface area contributed by atoms with E-state index in [0.717, 1.165) is 57.2 Å². The monoisotopic (exact) mass is 418 g/mol. The van der Waals surface area contributed by atoms with E-state index in [0.29, 0.717) is 24.8 Å². The van der Waals surface area contributed by atoms with Gasteiger partial charge in [0.05, 0.1) is 6.42 Å². The van der Waals surface area contributed by atoms with E-state index in [9.17, 15) is 9.59 Å². The summed E-state index contributed by atoms with van der Waals surface area (Å²) in [6.07, 6.45) is 7.19. The average molecular weight is 419 g/mol. The molecule has 0 saturated carbocycles. The Morgan fingerprint density at radius 2 is 1.72 bits per heavy atom. The molecule has 0 N–H and O–H groups in total. The number of hydrogen-bond acceptors (Lipinski definition) is 3. The molecule has 5 nitrogen and oxygen atoms in total. The average Bonchev–Trinajstić information content (AvgIpc) is 2.76. The van der Waals surface area contributed by atoms with Crippen molar-refractivity contribution in [3.05, 3.63) is 34.9 Å². The van der Waals surface area contributed by atoms with Gasteiger partial charge in [0.1, 0.15) is 6.04 Å². The van der Waals surface area contributed by atoms with Crippen molar-refractivity contribution >= 4 is 23.4 Å². The van der Waals surface area contributed by atoms with Crippen molar-refractivity contribution in [2.24, 2.45) is 5.41 Å². The first-order valence-corrected chi connectivity index (χ1v) is 11.4. The predicted octanol–water partition coefficient (Wildman–Crippen LogP) is 3.68. The lowest BCUT2D eigenvalue weighted by atomic mass is 9.67. The number of nitrogens with zero attached hydrogens (tertiary/aromatic N) is 2. The molecule has 158 valence electrons. The number of ether oxygens (including phenoxy) is 1. The molecule has 3 aliphatic heterocycles. The number of piperidine rings is 2. The van der Waals surface area contributed by atoms with Crippen molar-refractivity contribution < 1.29 is 14.3 Å². The van der Waals surface area contributed by atoms with Gasteiger partial charge >= 0.3 is 0 Å². The van der Waals surface area contributed by atoms with Gasteiger partial charge in [0.25, 0.3) is 0 Å². The molecular formula is C23H31ClN2O3. The summed E-state index contributed by atoms with van der Waals surface area (Å²) in [6, 6.07) is 7.12. The fourth-order valence-corrected chi connectivity index (χ4v) is 5.56. The Morgan fingerprint density at radius 1 is 1.00 bits per heavy atom. The van der Waals surface area contributed by atoms with Crippen LogP contribution in [0.15, 0.2) is 24.3 Å². The van der Waals surface area contributed by atoms with Crippen LogP contribution < -0.4 is 0 Å². The van der Waals surface area contributed by atoms with Gasteiger partial charge in [-0.15, -0.1) is 0 Å². The zero-order valence-electron chi connectivity index (χ0n) is 17.1. The van der Waals surface area contributed by atoms with Crippen LogP contribution in [0.2, 0.25) is 5.02 Å². The Labute approximate surface area is 178 Å². The zero-order valence-corrected chi connectivity index (χ0v) is 17.8. The van der Waals surface area contributed by atoms with E-state index < -0.39 is 0 Å². The standard InChI is InChI=1S/C23H31ClN2O3/c24-19-8-3-2-7-18(19)17-20(27)26-14-6-9-23(10-15-29-16-11-23)21(26)22(28)25-12-4-1-5-13-25/h2-3,7-8,21H,1,4-6,9-17H2. The lowest BCUT2D eigenvalue weighted by Crippen LogP contribution is -2.63. The number of hydrogen-bond donors (Lipinski definition) is 0. The highest BCUT2D eigenvalue weighted by Gasteiger charge is 2.51. The second-order valence-electron chi connectivity index (χ2n) is 8.72. The van der Waals surface area contributed by atoms with Crippen LogP contribution >= 0.6 is 11.6 Å². The molecule has 1 atom stereocenters. The maximum absolute atomic E-state index is 13.7. The molecule has 3 aliphatic rings. The van der Waals surface area contributed by atoms with Gasteiger partial charge in [-0.1, -0.05) is 29.8 Å². The van der Waals surface area contributed by atoms with Crippen molar-refractivity contribution in [2.45, 2.75) is 57.4 Å². The first kappa shape index (κ1) is 20.7. The summed E-state index contributed by atoms with van der Waals surface area (Å²) in [5.41, 5.74) is 0.677. The number of likely N-dealkylation sites (tertiary alicyclic amines) is 2. The minimum Gasteiger partial charge on any atom is -0.381 e. The van der Waals surface area contributed by atoms with Gasteiger partial charge in [0, 0.05) is 43.3 Å². The second-order valence-corrected chi connectivity index (χ2v) is 9.13. The molecule has 0 bridgehead atoms. The molecule has 0 aliphatic carbocycles. The van der Waals surface area contributed by atoms with Crippen LogP contribution in [0.1, 0.15) is 50.5 Å². The third-order valence-electron chi connectivity index (χ3n) is 6.98. The van der Waals surface area contributed by atoms with Crippen LogP contribution in [0.25, 0.3) is 0 Å². The van der Waals surface area contributed by atoms with E-state index in [1.807, 2.05) is 34.1 Å². The van der Waals surface area contributed by atoms with Crippen molar-refractivity contribution in [3.8, 4) is 0 Å². The summed E-state index contributed by atoms with van der Waals surface area (Å²) in [7, 11) is 0. The summed E-state index contributed by atoms with van der Waals surface area (Å²) < 4.78 is 5.63. The molecule has 1 aromatic carbocycles. The summed E-state index contributed by atoms with van der Waals surface area (Å²) >= 11 is 6.31. The first-order chi connectivity index (χ1) is 14.1. The van der Waals surface area contributed by atoms with Crippen LogP contribution in [0.4, 0.5) is 0 Å². The Morgan fingerprint density at radius 3 is 2.45 bits per heavy atom.